The van der Waals surface area contributed by atoms with Gasteiger partial charge in [-0.15, -0.1) is 35.1 Å². The van der Waals surface area contributed by atoms with E-state index in [4.69, 9.17) is 5.73 Å². The number of nitrogens with one attached hydrogen (secondary N) is 1. The number of nitrogens with zero attached hydrogens (tertiary/aromatic N) is 1. The van der Waals surface area contributed by atoms with Crippen LogP contribution in [0.5, 0.6) is 0 Å². The van der Waals surface area contributed by atoms with Gasteiger partial charge in [-0.2, -0.15) is 0 Å². The number of rotatable bonds is 3. The molecule has 7 heteroatoms. The zero-order valence-corrected chi connectivity index (χ0v) is 14.9. The summed E-state index contributed by atoms with van der Waals surface area (Å²) < 4.78 is 0. The summed E-state index contributed by atoms with van der Waals surface area (Å²) in [5.74, 6) is -0.194. The molecule has 0 radical (unpaired) electrons. The number of anilines is 1. The molecule has 0 saturated heterocycles. The van der Waals surface area contributed by atoms with Gasteiger partial charge in [-0.1, -0.05) is 20.8 Å². The van der Waals surface area contributed by atoms with Crippen molar-refractivity contribution in [3.8, 4) is 10.6 Å². The topological polar surface area (TPSA) is 68.0 Å². The number of nitrogens with two attached hydrogens (primary N) is 1. The molecule has 1 atom stereocenters. The zero-order chi connectivity index (χ0) is 14.9. The van der Waals surface area contributed by atoms with Gasteiger partial charge in [0.1, 0.15) is 0 Å². The van der Waals surface area contributed by atoms with Crippen LogP contribution in [-0.2, 0) is 4.79 Å². The predicted molar refractivity (Wildman–Crippen MR) is 93.5 cm³/mol. The second-order valence-corrected chi connectivity index (χ2v) is 7.93. The van der Waals surface area contributed by atoms with Gasteiger partial charge in [0.05, 0.1) is 16.6 Å². The molecule has 2 aromatic heterocycles. The van der Waals surface area contributed by atoms with E-state index in [1.807, 2.05) is 32.2 Å². The molecule has 2 heterocycles. The number of halogens is 1. The first-order chi connectivity index (χ1) is 9.27. The van der Waals surface area contributed by atoms with Gasteiger partial charge in [-0.05, 0) is 24.5 Å². The van der Waals surface area contributed by atoms with Crippen molar-refractivity contribution in [3.63, 3.8) is 0 Å². The van der Waals surface area contributed by atoms with Crippen LogP contribution in [0.1, 0.15) is 25.6 Å². The first-order valence-electron chi connectivity index (χ1n) is 6.36. The zero-order valence-electron chi connectivity index (χ0n) is 12.5. The number of thiophene rings is 1. The van der Waals surface area contributed by atoms with Crippen molar-refractivity contribution in [2.24, 2.45) is 11.1 Å². The highest BCUT2D eigenvalue weighted by Crippen LogP contribution is 2.30. The molecule has 2 aromatic rings. The van der Waals surface area contributed by atoms with Crippen molar-refractivity contribution in [3.05, 3.63) is 22.4 Å². The van der Waals surface area contributed by atoms with E-state index in [1.165, 1.54) is 16.2 Å². The number of aromatic nitrogens is 1. The molecule has 0 spiro atoms. The molecule has 0 aliphatic heterocycles. The lowest BCUT2D eigenvalue weighted by atomic mass is 9.87. The standard InChI is InChI=1S/C14H19N3OS2.ClH/c1-8-5-6-10(20-8)9-7-19-13(16-9)17-12(18)11(15)14(2,3)4;/h5-7,11H,15H2,1-4H3,(H,16,17,18);1H/t11-;/m1./s1. The first kappa shape index (κ1) is 18.1. The number of aryl methyl sites for hydroxylation is 1. The molecule has 1 amide bonds. The Morgan fingerprint density at radius 2 is 2.05 bits per heavy atom. The van der Waals surface area contributed by atoms with Crippen molar-refractivity contribution in [2.45, 2.75) is 33.7 Å². The normalized spacial score (nSPS) is 12.6. The molecule has 0 saturated carbocycles. The Morgan fingerprint density at radius 3 is 2.57 bits per heavy atom. The molecule has 0 aliphatic carbocycles. The van der Waals surface area contributed by atoms with Crippen LogP contribution in [0, 0.1) is 12.3 Å². The second-order valence-electron chi connectivity index (χ2n) is 5.78. The number of carbonyl (C=O) groups excluding carboxylic acids is 1. The maximum Gasteiger partial charge on any atom is 0.243 e. The summed E-state index contributed by atoms with van der Waals surface area (Å²) in [6, 6.07) is 3.55. The number of hydrogen-bond donors (Lipinski definition) is 2. The molecule has 0 aliphatic rings. The molecule has 4 nitrogen and oxygen atoms in total. The van der Waals surface area contributed by atoms with Crippen LogP contribution in [0.25, 0.3) is 10.6 Å². The SMILES string of the molecule is Cc1ccc(-c2csc(NC(=O)[C@@H](N)C(C)(C)C)n2)s1.Cl. The Balaban J connectivity index is 0.00000220. The highest BCUT2D eigenvalue weighted by molar-refractivity contribution is 7.17. The summed E-state index contributed by atoms with van der Waals surface area (Å²) in [4.78, 5) is 18.8. The number of carbonyl (C=O) groups is 1. The lowest BCUT2D eigenvalue weighted by Gasteiger charge is -2.25. The Morgan fingerprint density at radius 1 is 1.38 bits per heavy atom. The summed E-state index contributed by atoms with van der Waals surface area (Å²) >= 11 is 3.11. The molecule has 21 heavy (non-hydrogen) atoms. The highest BCUT2D eigenvalue weighted by Gasteiger charge is 2.28. The molecule has 0 unspecified atom stereocenters. The van der Waals surface area contributed by atoms with Gasteiger partial charge in [0, 0.05) is 10.3 Å². The molecule has 0 aromatic carbocycles. The third-order valence-electron chi connectivity index (χ3n) is 2.94. The molecular weight excluding hydrogens is 326 g/mol. The van der Waals surface area contributed by atoms with Crippen molar-refractivity contribution in [1.82, 2.24) is 4.98 Å². The van der Waals surface area contributed by atoms with E-state index in [9.17, 15) is 4.79 Å². The molecular formula is C14H20ClN3OS2. The van der Waals surface area contributed by atoms with Gasteiger partial charge in [0.25, 0.3) is 0 Å². The van der Waals surface area contributed by atoms with Crippen molar-refractivity contribution >= 4 is 46.1 Å². The fourth-order valence-corrected chi connectivity index (χ4v) is 3.21. The van der Waals surface area contributed by atoms with E-state index in [1.54, 1.807) is 11.3 Å². The van der Waals surface area contributed by atoms with Crippen LogP contribution < -0.4 is 11.1 Å². The van der Waals surface area contributed by atoms with Gasteiger partial charge >= 0.3 is 0 Å². The van der Waals surface area contributed by atoms with Crippen molar-refractivity contribution in [2.75, 3.05) is 5.32 Å². The van der Waals surface area contributed by atoms with Crippen LogP contribution in [0.15, 0.2) is 17.5 Å². The maximum atomic E-state index is 12.0. The Bertz CT molecular complexity index is 616. The van der Waals surface area contributed by atoms with Crippen LogP contribution >= 0.6 is 35.1 Å². The first-order valence-corrected chi connectivity index (χ1v) is 8.06. The molecule has 0 bridgehead atoms. The number of thiazole rings is 1. The molecule has 2 rings (SSSR count). The average Bonchev–Trinajstić information content (AvgIpc) is 2.95. The van der Waals surface area contributed by atoms with Crippen molar-refractivity contribution < 1.29 is 4.79 Å². The average molecular weight is 346 g/mol. The minimum atomic E-state index is -0.557. The third kappa shape index (κ3) is 4.51. The minimum absolute atomic E-state index is 0. The van der Waals surface area contributed by atoms with Crippen LogP contribution in [-0.4, -0.2) is 16.9 Å². The van der Waals surface area contributed by atoms with Gasteiger partial charge in [-0.3, -0.25) is 4.79 Å². The Kier molecular flexibility index (Phi) is 5.92. The van der Waals surface area contributed by atoms with E-state index < -0.39 is 6.04 Å². The molecule has 3 N–H and O–H groups in total. The van der Waals surface area contributed by atoms with Crippen LogP contribution in [0.4, 0.5) is 5.13 Å². The quantitative estimate of drug-likeness (QED) is 0.886. The van der Waals surface area contributed by atoms with Crippen LogP contribution in [0.3, 0.4) is 0 Å². The molecule has 0 fully saturated rings. The van der Waals surface area contributed by atoms with Gasteiger partial charge in [-0.25, -0.2) is 4.98 Å². The Hall–Kier alpha value is -0.950. The summed E-state index contributed by atoms with van der Waals surface area (Å²) in [7, 11) is 0. The second kappa shape index (κ2) is 6.87. The molecule has 116 valence electrons. The highest BCUT2D eigenvalue weighted by atomic mass is 35.5. The minimum Gasteiger partial charge on any atom is -0.319 e. The van der Waals surface area contributed by atoms with Gasteiger partial charge in [0.2, 0.25) is 5.91 Å². The summed E-state index contributed by atoms with van der Waals surface area (Å²) in [6.07, 6.45) is 0. The Labute approximate surface area is 139 Å². The van der Waals surface area contributed by atoms with E-state index in [-0.39, 0.29) is 23.7 Å². The number of amides is 1. The lowest BCUT2D eigenvalue weighted by Crippen LogP contribution is -2.45. The van der Waals surface area contributed by atoms with E-state index in [0.29, 0.717) is 5.13 Å². The predicted octanol–water partition coefficient (Wildman–Crippen LogP) is 3.91. The fourth-order valence-electron chi connectivity index (χ4n) is 1.59. The van der Waals surface area contributed by atoms with Crippen molar-refractivity contribution in [1.29, 1.82) is 0 Å². The summed E-state index contributed by atoms with van der Waals surface area (Å²) in [5, 5.41) is 5.33. The number of hydrogen-bond acceptors (Lipinski definition) is 5. The smallest absolute Gasteiger partial charge is 0.243 e. The van der Waals surface area contributed by atoms with Crippen LogP contribution in [0.2, 0.25) is 0 Å². The van der Waals surface area contributed by atoms with E-state index in [2.05, 4.69) is 23.3 Å². The van der Waals surface area contributed by atoms with E-state index >= 15 is 0 Å². The summed E-state index contributed by atoms with van der Waals surface area (Å²) in [5.41, 5.74) is 6.56. The summed E-state index contributed by atoms with van der Waals surface area (Å²) in [6.45, 7) is 7.89. The fraction of sp³-hybridized carbons (Fsp3) is 0.429. The van der Waals surface area contributed by atoms with Gasteiger partial charge < -0.3 is 11.1 Å². The maximum absolute atomic E-state index is 12.0. The lowest BCUT2D eigenvalue weighted by molar-refractivity contribution is -0.119. The monoisotopic (exact) mass is 345 g/mol. The van der Waals surface area contributed by atoms with Gasteiger partial charge in [0.15, 0.2) is 5.13 Å². The third-order valence-corrected chi connectivity index (χ3v) is 4.72. The van der Waals surface area contributed by atoms with E-state index in [0.717, 1.165) is 10.6 Å². The largest absolute Gasteiger partial charge is 0.319 e.